The molecule has 2 N–H and O–H groups in total. The van der Waals surface area contributed by atoms with Crippen molar-refractivity contribution in [3.05, 3.63) is 29.8 Å². The summed E-state index contributed by atoms with van der Waals surface area (Å²) in [6.45, 7) is 8.89. The number of carboxylic acid groups (broad SMARTS) is 1. The third-order valence-corrected chi connectivity index (χ3v) is 2.98. The van der Waals surface area contributed by atoms with Gasteiger partial charge in [0.2, 0.25) is 0 Å². The molecule has 0 saturated heterocycles. The third kappa shape index (κ3) is 4.78. The van der Waals surface area contributed by atoms with Crippen molar-refractivity contribution in [2.24, 2.45) is 5.41 Å². The standard InChI is InChI=1S/C15H23NO2/c1-11(2)12-5-7-13(8-6-12)16-10-15(3,4)9-14(17)18/h5-8,11,16H,9-10H2,1-4H3,(H,17,18). The van der Waals surface area contributed by atoms with Crippen LogP contribution in [0.4, 0.5) is 5.69 Å². The van der Waals surface area contributed by atoms with Crippen molar-refractivity contribution in [2.75, 3.05) is 11.9 Å². The topological polar surface area (TPSA) is 49.3 Å². The molecule has 0 aromatic heterocycles. The molecule has 3 heteroatoms. The van der Waals surface area contributed by atoms with E-state index in [1.165, 1.54) is 5.56 Å². The van der Waals surface area contributed by atoms with Crippen molar-refractivity contribution in [1.82, 2.24) is 0 Å². The van der Waals surface area contributed by atoms with E-state index >= 15 is 0 Å². The van der Waals surface area contributed by atoms with E-state index in [0.717, 1.165) is 5.69 Å². The molecule has 0 radical (unpaired) electrons. The van der Waals surface area contributed by atoms with Gasteiger partial charge in [0.25, 0.3) is 0 Å². The minimum atomic E-state index is -0.753. The number of carboxylic acids is 1. The van der Waals surface area contributed by atoms with Gasteiger partial charge in [-0.3, -0.25) is 4.79 Å². The van der Waals surface area contributed by atoms with Crippen molar-refractivity contribution < 1.29 is 9.90 Å². The van der Waals surface area contributed by atoms with E-state index in [1.54, 1.807) is 0 Å². The van der Waals surface area contributed by atoms with Gasteiger partial charge < -0.3 is 10.4 Å². The Hall–Kier alpha value is -1.51. The minimum absolute atomic E-state index is 0.171. The molecule has 100 valence electrons. The van der Waals surface area contributed by atoms with E-state index in [0.29, 0.717) is 12.5 Å². The van der Waals surface area contributed by atoms with E-state index in [9.17, 15) is 4.79 Å². The number of nitrogens with one attached hydrogen (secondary N) is 1. The quantitative estimate of drug-likeness (QED) is 0.807. The number of aliphatic carboxylic acids is 1. The van der Waals surface area contributed by atoms with Crippen molar-refractivity contribution in [3.63, 3.8) is 0 Å². The molecule has 0 atom stereocenters. The highest BCUT2D eigenvalue weighted by molar-refractivity contribution is 5.67. The van der Waals surface area contributed by atoms with Gasteiger partial charge in [-0.2, -0.15) is 0 Å². The van der Waals surface area contributed by atoms with Gasteiger partial charge in [0, 0.05) is 12.2 Å². The highest BCUT2D eigenvalue weighted by Crippen LogP contribution is 2.22. The SMILES string of the molecule is CC(C)c1ccc(NCC(C)(C)CC(=O)O)cc1. The monoisotopic (exact) mass is 249 g/mol. The van der Waals surface area contributed by atoms with Crippen LogP contribution in [0.1, 0.15) is 45.6 Å². The van der Waals surface area contributed by atoms with Gasteiger partial charge in [-0.05, 0) is 29.0 Å². The van der Waals surface area contributed by atoms with Gasteiger partial charge in [-0.25, -0.2) is 0 Å². The van der Waals surface area contributed by atoms with Gasteiger partial charge in [0.05, 0.1) is 6.42 Å². The summed E-state index contributed by atoms with van der Waals surface area (Å²) in [5.41, 5.74) is 2.10. The summed E-state index contributed by atoms with van der Waals surface area (Å²) < 4.78 is 0. The van der Waals surface area contributed by atoms with Gasteiger partial charge in [-0.1, -0.05) is 39.8 Å². The number of anilines is 1. The Morgan fingerprint density at radius 2 is 1.83 bits per heavy atom. The van der Waals surface area contributed by atoms with Crippen LogP contribution in [0.15, 0.2) is 24.3 Å². The second-order valence-electron chi connectivity index (χ2n) is 5.86. The van der Waals surface area contributed by atoms with Crippen LogP contribution in [0, 0.1) is 5.41 Å². The molecule has 0 aliphatic heterocycles. The molecule has 0 unspecified atom stereocenters. The molecule has 0 bridgehead atoms. The molecular weight excluding hydrogens is 226 g/mol. The zero-order valence-electron chi connectivity index (χ0n) is 11.7. The highest BCUT2D eigenvalue weighted by Gasteiger charge is 2.21. The largest absolute Gasteiger partial charge is 0.481 e. The van der Waals surface area contributed by atoms with Crippen LogP contribution in [0.2, 0.25) is 0 Å². The smallest absolute Gasteiger partial charge is 0.303 e. The maximum atomic E-state index is 10.7. The summed E-state index contributed by atoms with van der Waals surface area (Å²) in [6, 6.07) is 8.31. The highest BCUT2D eigenvalue weighted by atomic mass is 16.4. The van der Waals surface area contributed by atoms with E-state index in [2.05, 4.69) is 31.3 Å². The number of carbonyl (C=O) groups is 1. The van der Waals surface area contributed by atoms with E-state index < -0.39 is 5.97 Å². The summed E-state index contributed by atoms with van der Waals surface area (Å²) in [5, 5.41) is 12.1. The van der Waals surface area contributed by atoms with Crippen molar-refractivity contribution in [3.8, 4) is 0 Å². The molecule has 0 aliphatic rings. The van der Waals surface area contributed by atoms with E-state index in [-0.39, 0.29) is 11.8 Å². The maximum Gasteiger partial charge on any atom is 0.303 e. The Kier molecular flexibility index (Phi) is 4.76. The molecule has 0 amide bonds. The maximum absolute atomic E-state index is 10.7. The number of hydrogen-bond donors (Lipinski definition) is 2. The second-order valence-corrected chi connectivity index (χ2v) is 5.86. The van der Waals surface area contributed by atoms with Gasteiger partial charge in [0.15, 0.2) is 0 Å². The van der Waals surface area contributed by atoms with Gasteiger partial charge >= 0.3 is 5.97 Å². The fourth-order valence-electron chi connectivity index (χ4n) is 1.80. The predicted molar refractivity (Wildman–Crippen MR) is 75.1 cm³/mol. The molecule has 3 nitrogen and oxygen atoms in total. The summed E-state index contributed by atoms with van der Waals surface area (Å²) >= 11 is 0. The van der Waals surface area contributed by atoms with Gasteiger partial charge in [0.1, 0.15) is 0 Å². The normalized spacial score (nSPS) is 11.6. The van der Waals surface area contributed by atoms with Crippen LogP contribution >= 0.6 is 0 Å². The molecule has 0 fully saturated rings. The van der Waals surface area contributed by atoms with Crippen LogP contribution in [-0.4, -0.2) is 17.6 Å². The van der Waals surface area contributed by atoms with E-state index in [1.807, 2.05) is 26.0 Å². The van der Waals surface area contributed by atoms with Crippen LogP contribution < -0.4 is 5.32 Å². The molecular formula is C15H23NO2. The van der Waals surface area contributed by atoms with Crippen LogP contribution in [-0.2, 0) is 4.79 Å². The first-order valence-electron chi connectivity index (χ1n) is 6.36. The second kappa shape index (κ2) is 5.89. The first-order valence-corrected chi connectivity index (χ1v) is 6.36. The zero-order chi connectivity index (χ0) is 13.8. The summed E-state index contributed by atoms with van der Waals surface area (Å²) in [7, 11) is 0. The zero-order valence-corrected chi connectivity index (χ0v) is 11.7. The molecule has 0 aliphatic carbocycles. The lowest BCUT2D eigenvalue weighted by Crippen LogP contribution is -2.26. The summed E-state index contributed by atoms with van der Waals surface area (Å²) in [6.07, 6.45) is 0.171. The van der Waals surface area contributed by atoms with Crippen LogP contribution in [0.5, 0.6) is 0 Å². The first kappa shape index (κ1) is 14.6. The van der Waals surface area contributed by atoms with E-state index in [4.69, 9.17) is 5.11 Å². The fraction of sp³-hybridized carbons (Fsp3) is 0.533. The van der Waals surface area contributed by atoms with Gasteiger partial charge in [-0.15, -0.1) is 0 Å². The molecule has 18 heavy (non-hydrogen) atoms. The lowest BCUT2D eigenvalue weighted by atomic mass is 9.89. The number of benzene rings is 1. The Balaban J connectivity index is 2.55. The average molecular weight is 249 g/mol. The molecule has 0 spiro atoms. The van der Waals surface area contributed by atoms with Crippen molar-refractivity contribution >= 4 is 11.7 Å². The Labute approximate surface area is 109 Å². The first-order chi connectivity index (χ1) is 8.30. The fourth-order valence-corrected chi connectivity index (χ4v) is 1.80. The summed E-state index contributed by atoms with van der Waals surface area (Å²) in [4.78, 5) is 10.7. The van der Waals surface area contributed by atoms with Crippen molar-refractivity contribution in [1.29, 1.82) is 0 Å². The lowest BCUT2D eigenvalue weighted by molar-refractivity contribution is -0.139. The molecule has 1 aromatic carbocycles. The average Bonchev–Trinajstić information content (AvgIpc) is 2.25. The minimum Gasteiger partial charge on any atom is -0.481 e. The Morgan fingerprint density at radius 3 is 2.28 bits per heavy atom. The predicted octanol–water partition coefficient (Wildman–Crippen LogP) is 3.72. The number of hydrogen-bond acceptors (Lipinski definition) is 2. The number of rotatable bonds is 6. The Morgan fingerprint density at radius 1 is 1.28 bits per heavy atom. The van der Waals surface area contributed by atoms with Crippen molar-refractivity contribution in [2.45, 2.75) is 40.0 Å². The molecule has 0 heterocycles. The Bertz CT molecular complexity index is 393. The summed E-state index contributed by atoms with van der Waals surface area (Å²) in [5.74, 6) is -0.223. The van der Waals surface area contributed by atoms with Crippen LogP contribution in [0.25, 0.3) is 0 Å². The third-order valence-electron chi connectivity index (χ3n) is 2.98. The lowest BCUT2D eigenvalue weighted by Gasteiger charge is -2.23. The molecule has 1 aromatic rings. The molecule has 0 saturated carbocycles. The molecule has 1 rings (SSSR count). The van der Waals surface area contributed by atoms with Crippen LogP contribution in [0.3, 0.4) is 0 Å².